The zero-order valence-electron chi connectivity index (χ0n) is 12.0. The molecule has 1 N–H and O–H groups in total. The molecule has 1 rings (SSSR count). The lowest BCUT2D eigenvalue weighted by Gasteiger charge is -2.28. The molecule has 0 amide bonds. The van der Waals surface area contributed by atoms with E-state index in [9.17, 15) is 0 Å². The minimum atomic E-state index is 0.556. The van der Waals surface area contributed by atoms with E-state index in [1.807, 2.05) is 12.1 Å². The van der Waals surface area contributed by atoms with Crippen LogP contribution in [0.2, 0.25) is 5.02 Å². The highest BCUT2D eigenvalue weighted by Gasteiger charge is 2.20. The highest BCUT2D eigenvalue weighted by atomic mass is 35.5. The Bertz CT molecular complexity index is 331. The van der Waals surface area contributed by atoms with E-state index in [-0.39, 0.29) is 0 Å². The van der Waals surface area contributed by atoms with Crippen molar-refractivity contribution in [3.63, 3.8) is 0 Å². The maximum Gasteiger partial charge on any atom is 0.0406 e. The maximum absolute atomic E-state index is 5.93. The van der Waals surface area contributed by atoms with Crippen LogP contribution >= 0.6 is 11.6 Å². The van der Waals surface area contributed by atoms with Crippen LogP contribution in [0.5, 0.6) is 0 Å². The summed E-state index contributed by atoms with van der Waals surface area (Å²) in [6, 6.07) is 8.81. The van der Waals surface area contributed by atoms with Crippen LogP contribution in [0.25, 0.3) is 0 Å². The van der Waals surface area contributed by atoms with Crippen molar-refractivity contribution in [2.45, 2.75) is 46.6 Å². The molecule has 102 valence electrons. The minimum absolute atomic E-state index is 0.556. The molecule has 1 aromatic carbocycles. The highest BCUT2D eigenvalue weighted by Crippen LogP contribution is 2.22. The highest BCUT2D eigenvalue weighted by molar-refractivity contribution is 6.30. The van der Waals surface area contributed by atoms with Gasteiger partial charge >= 0.3 is 0 Å². The molecular formula is C16H26ClN. The van der Waals surface area contributed by atoms with Gasteiger partial charge in [0.2, 0.25) is 0 Å². The van der Waals surface area contributed by atoms with Crippen molar-refractivity contribution in [1.82, 2.24) is 5.32 Å². The first-order valence-corrected chi connectivity index (χ1v) is 7.40. The largest absolute Gasteiger partial charge is 0.314 e. The third kappa shape index (κ3) is 4.99. The van der Waals surface area contributed by atoms with Crippen molar-refractivity contribution < 1.29 is 0 Å². The summed E-state index contributed by atoms with van der Waals surface area (Å²) in [5.74, 6) is 1.35. The van der Waals surface area contributed by atoms with E-state index in [2.05, 4.69) is 45.1 Å². The molecule has 0 fully saturated rings. The molecule has 0 saturated carbocycles. The molecule has 18 heavy (non-hydrogen) atoms. The van der Waals surface area contributed by atoms with Gasteiger partial charge in [0.15, 0.2) is 0 Å². The summed E-state index contributed by atoms with van der Waals surface area (Å²) >= 11 is 5.93. The van der Waals surface area contributed by atoms with Crippen LogP contribution in [0.15, 0.2) is 24.3 Å². The molecule has 2 heteroatoms. The molecule has 1 nitrogen and oxygen atoms in total. The van der Waals surface area contributed by atoms with Gasteiger partial charge in [-0.15, -0.1) is 0 Å². The second-order valence-electron chi connectivity index (χ2n) is 5.48. The Kier molecular flexibility index (Phi) is 6.73. The lowest BCUT2D eigenvalue weighted by Crippen LogP contribution is -2.37. The van der Waals surface area contributed by atoms with Gasteiger partial charge in [-0.25, -0.2) is 0 Å². The zero-order valence-corrected chi connectivity index (χ0v) is 12.8. The van der Waals surface area contributed by atoms with Gasteiger partial charge in [0.05, 0.1) is 0 Å². The number of hydrogen-bond acceptors (Lipinski definition) is 1. The fourth-order valence-corrected chi connectivity index (χ4v) is 2.53. The molecule has 0 aliphatic rings. The molecule has 0 heterocycles. The summed E-state index contributed by atoms with van der Waals surface area (Å²) in [4.78, 5) is 0. The van der Waals surface area contributed by atoms with Crippen LogP contribution in [0, 0.1) is 11.8 Å². The van der Waals surface area contributed by atoms with Crippen LogP contribution in [0.4, 0.5) is 0 Å². The van der Waals surface area contributed by atoms with E-state index in [1.54, 1.807) is 0 Å². The molecule has 0 radical (unpaired) electrons. The lowest BCUT2D eigenvalue weighted by molar-refractivity contribution is 0.289. The van der Waals surface area contributed by atoms with Gasteiger partial charge in [0.25, 0.3) is 0 Å². The standard InChI is InChI=1S/C16H26ClN/c1-5-10-18-13(4)16(12(2)3)11-14-6-8-15(17)9-7-14/h6-9,12-13,16,18H,5,10-11H2,1-4H3. The quantitative estimate of drug-likeness (QED) is 0.765. The predicted octanol–water partition coefficient (Wildman–Crippen LogP) is 4.54. The minimum Gasteiger partial charge on any atom is -0.314 e. The van der Waals surface area contributed by atoms with E-state index in [4.69, 9.17) is 11.6 Å². The van der Waals surface area contributed by atoms with E-state index in [1.165, 1.54) is 12.0 Å². The van der Waals surface area contributed by atoms with Gasteiger partial charge in [-0.2, -0.15) is 0 Å². The molecule has 2 unspecified atom stereocenters. The van der Waals surface area contributed by atoms with Crippen LogP contribution in [0.3, 0.4) is 0 Å². The molecular weight excluding hydrogens is 242 g/mol. The predicted molar refractivity (Wildman–Crippen MR) is 81.2 cm³/mol. The average molecular weight is 268 g/mol. The lowest BCUT2D eigenvalue weighted by atomic mass is 9.84. The topological polar surface area (TPSA) is 12.0 Å². The third-order valence-corrected chi connectivity index (χ3v) is 3.85. The second kappa shape index (κ2) is 7.81. The van der Waals surface area contributed by atoms with E-state index >= 15 is 0 Å². The number of hydrogen-bond donors (Lipinski definition) is 1. The summed E-state index contributed by atoms with van der Waals surface area (Å²) in [5.41, 5.74) is 1.38. The smallest absolute Gasteiger partial charge is 0.0406 e. The Hall–Kier alpha value is -0.530. The molecule has 1 aromatic rings. The first kappa shape index (κ1) is 15.5. The number of benzene rings is 1. The first-order chi connectivity index (χ1) is 8.54. The fraction of sp³-hybridized carbons (Fsp3) is 0.625. The van der Waals surface area contributed by atoms with Crippen LogP contribution in [-0.4, -0.2) is 12.6 Å². The Morgan fingerprint density at radius 1 is 1.11 bits per heavy atom. The molecule has 0 bridgehead atoms. The van der Waals surface area contributed by atoms with Crippen molar-refractivity contribution in [3.05, 3.63) is 34.9 Å². The van der Waals surface area contributed by atoms with E-state index in [0.29, 0.717) is 17.9 Å². The Balaban J connectivity index is 2.65. The summed E-state index contributed by atoms with van der Waals surface area (Å²) in [6.07, 6.45) is 2.31. The summed E-state index contributed by atoms with van der Waals surface area (Å²) in [7, 11) is 0. The molecule has 0 aromatic heterocycles. The number of rotatable bonds is 7. The summed E-state index contributed by atoms with van der Waals surface area (Å²) in [5, 5.41) is 4.44. The fourth-order valence-electron chi connectivity index (χ4n) is 2.41. The van der Waals surface area contributed by atoms with Gasteiger partial charge in [0, 0.05) is 11.1 Å². The Labute approximate surface area is 117 Å². The van der Waals surface area contributed by atoms with Crippen LogP contribution in [0.1, 0.15) is 39.7 Å². The van der Waals surface area contributed by atoms with Gasteiger partial charge in [0.1, 0.15) is 0 Å². The van der Waals surface area contributed by atoms with Crippen LogP contribution < -0.4 is 5.32 Å². The zero-order chi connectivity index (χ0) is 13.5. The molecule has 0 spiro atoms. The van der Waals surface area contributed by atoms with E-state index in [0.717, 1.165) is 18.0 Å². The molecule has 0 aliphatic carbocycles. The van der Waals surface area contributed by atoms with Crippen molar-refractivity contribution >= 4 is 11.6 Å². The molecule has 0 saturated heterocycles. The summed E-state index contributed by atoms with van der Waals surface area (Å²) < 4.78 is 0. The Morgan fingerprint density at radius 2 is 1.72 bits per heavy atom. The van der Waals surface area contributed by atoms with E-state index < -0.39 is 0 Å². The summed E-state index contributed by atoms with van der Waals surface area (Å²) in [6.45, 7) is 10.2. The van der Waals surface area contributed by atoms with Gasteiger partial charge < -0.3 is 5.32 Å². The normalized spacial score (nSPS) is 14.8. The van der Waals surface area contributed by atoms with Crippen molar-refractivity contribution in [2.75, 3.05) is 6.54 Å². The van der Waals surface area contributed by atoms with Crippen molar-refractivity contribution in [2.24, 2.45) is 11.8 Å². The Morgan fingerprint density at radius 3 is 2.22 bits per heavy atom. The van der Waals surface area contributed by atoms with Crippen LogP contribution in [-0.2, 0) is 6.42 Å². The SMILES string of the molecule is CCCNC(C)C(Cc1ccc(Cl)cc1)C(C)C. The number of nitrogens with one attached hydrogen (secondary N) is 1. The monoisotopic (exact) mass is 267 g/mol. The average Bonchev–Trinajstić information content (AvgIpc) is 2.34. The van der Waals surface area contributed by atoms with Gasteiger partial charge in [-0.05, 0) is 55.8 Å². The molecule has 0 aliphatic heterocycles. The van der Waals surface area contributed by atoms with Gasteiger partial charge in [-0.3, -0.25) is 0 Å². The first-order valence-electron chi connectivity index (χ1n) is 7.02. The van der Waals surface area contributed by atoms with Crippen molar-refractivity contribution in [1.29, 1.82) is 0 Å². The van der Waals surface area contributed by atoms with Crippen molar-refractivity contribution in [3.8, 4) is 0 Å². The van der Waals surface area contributed by atoms with Gasteiger partial charge in [-0.1, -0.05) is 44.5 Å². The maximum atomic E-state index is 5.93. The molecule has 2 atom stereocenters. The second-order valence-corrected chi connectivity index (χ2v) is 5.92. The number of halogens is 1. The third-order valence-electron chi connectivity index (χ3n) is 3.60.